The van der Waals surface area contributed by atoms with Gasteiger partial charge >= 0.3 is 0 Å². The number of nitrogens with zero attached hydrogens (tertiary/aromatic N) is 5. The number of carbonyl (C=O) groups is 1. The van der Waals surface area contributed by atoms with Crippen LogP contribution in [0.4, 0.5) is 11.8 Å². The molecule has 0 unspecified atom stereocenters. The van der Waals surface area contributed by atoms with Gasteiger partial charge in [-0.05, 0) is 30.5 Å². The van der Waals surface area contributed by atoms with E-state index in [1.54, 1.807) is 20.4 Å². The quantitative estimate of drug-likeness (QED) is 0.416. The van der Waals surface area contributed by atoms with Crippen molar-refractivity contribution in [3.8, 4) is 0 Å². The fourth-order valence-corrected chi connectivity index (χ4v) is 4.63. The van der Waals surface area contributed by atoms with Crippen LogP contribution >= 0.6 is 11.6 Å². The minimum Gasteiger partial charge on any atom is -0.383 e. The molecular weight excluding hydrogens is 480 g/mol. The smallest absolute Gasteiger partial charge is 0.225 e. The largest absolute Gasteiger partial charge is 0.383 e. The van der Waals surface area contributed by atoms with E-state index in [4.69, 9.17) is 21.1 Å². The number of carbonyl (C=O) groups excluding carboxylic acids is 1. The van der Waals surface area contributed by atoms with Gasteiger partial charge in [-0.2, -0.15) is 0 Å². The molecular formula is C26H33ClN6O3. The van der Waals surface area contributed by atoms with Crippen LogP contribution in [0.1, 0.15) is 18.4 Å². The van der Waals surface area contributed by atoms with Crippen molar-refractivity contribution >= 4 is 40.2 Å². The first-order valence-electron chi connectivity index (χ1n) is 12.2. The van der Waals surface area contributed by atoms with Gasteiger partial charge in [0.05, 0.1) is 24.1 Å². The van der Waals surface area contributed by atoms with E-state index >= 15 is 0 Å². The molecule has 1 N–H and O–H groups in total. The number of nitrogens with one attached hydrogen (secondary N) is 1. The molecule has 10 heteroatoms. The first kappa shape index (κ1) is 26.1. The Labute approximate surface area is 216 Å². The number of pyridine rings is 1. The van der Waals surface area contributed by atoms with E-state index in [-0.39, 0.29) is 11.8 Å². The minimum absolute atomic E-state index is 0.0122. The molecule has 36 heavy (non-hydrogen) atoms. The van der Waals surface area contributed by atoms with Crippen LogP contribution in [0.15, 0.2) is 42.7 Å². The van der Waals surface area contributed by atoms with Crippen molar-refractivity contribution < 1.29 is 14.3 Å². The maximum atomic E-state index is 13.1. The second-order valence-electron chi connectivity index (χ2n) is 8.78. The summed E-state index contributed by atoms with van der Waals surface area (Å²) in [5.41, 5.74) is 1.80. The number of halogens is 1. The average Bonchev–Trinajstić information content (AvgIpc) is 2.92. The standard InChI is InChI=1S/C26H33ClN6O3/c1-35-15-13-33(14-16-36-2)25(34)19-8-11-32(12-9-19)24-21-18-30-26(31-23(21)7-10-28-24)29-17-20-5-3-4-6-22(20)27/h3-7,10,18-19H,8-9,11-17H2,1-2H3,(H,29,30,31). The average molecular weight is 513 g/mol. The summed E-state index contributed by atoms with van der Waals surface area (Å²) in [6.45, 7) is 4.22. The third-order valence-corrected chi connectivity index (χ3v) is 6.84. The highest BCUT2D eigenvalue weighted by Crippen LogP contribution is 2.28. The van der Waals surface area contributed by atoms with Gasteiger partial charge in [-0.1, -0.05) is 29.8 Å². The van der Waals surface area contributed by atoms with Crippen molar-refractivity contribution in [2.45, 2.75) is 19.4 Å². The number of ether oxygens (including phenoxy) is 2. The molecule has 1 aliphatic rings. The van der Waals surface area contributed by atoms with E-state index in [0.29, 0.717) is 43.8 Å². The van der Waals surface area contributed by atoms with Gasteiger partial charge in [0.15, 0.2) is 0 Å². The molecule has 3 heterocycles. The molecule has 0 aliphatic carbocycles. The van der Waals surface area contributed by atoms with Crippen LogP contribution in [0.2, 0.25) is 5.02 Å². The van der Waals surface area contributed by atoms with Gasteiger partial charge in [-0.3, -0.25) is 4.79 Å². The Hall–Kier alpha value is -3.01. The Bertz CT molecular complexity index is 1150. The van der Waals surface area contributed by atoms with Crippen LogP contribution in [0.25, 0.3) is 10.9 Å². The Morgan fingerprint density at radius 1 is 1.11 bits per heavy atom. The predicted molar refractivity (Wildman–Crippen MR) is 141 cm³/mol. The van der Waals surface area contributed by atoms with Crippen LogP contribution < -0.4 is 10.2 Å². The summed E-state index contributed by atoms with van der Waals surface area (Å²) >= 11 is 6.25. The topological polar surface area (TPSA) is 92.7 Å². The lowest BCUT2D eigenvalue weighted by Gasteiger charge is -2.35. The lowest BCUT2D eigenvalue weighted by atomic mass is 9.95. The van der Waals surface area contributed by atoms with Crippen LogP contribution in [0, 0.1) is 5.92 Å². The Balaban J connectivity index is 1.40. The first-order valence-corrected chi connectivity index (χ1v) is 12.6. The number of fused-ring (bicyclic) bond motifs is 1. The first-order chi connectivity index (χ1) is 17.6. The molecule has 0 atom stereocenters. The Kier molecular flexibility index (Phi) is 9.27. The maximum Gasteiger partial charge on any atom is 0.225 e. The van der Waals surface area contributed by atoms with Crippen molar-refractivity contribution in [1.82, 2.24) is 19.9 Å². The van der Waals surface area contributed by atoms with Gasteiger partial charge in [0.25, 0.3) is 0 Å². The lowest BCUT2D eigenvalue weighted by molar-refractivity contribution is -0.137. The number of aromatic nitrogens is 3. The van der Waals surface area contributed by atoms with Gasteiger partial charge < -0.3 is 24.6 Å². The third kappa shape index (κ3) is 6.40. The molecule has 4 rings (SSSR count). The summed E-state index contributed by atoms with van der Waals surface area (Å²) in [7, 11) is 3.30. The molecule has 0 bridgehead atoms. The molecule has 3 aromatic rings. The van der Waals surface area contributed by atoms with Crippen LogP contribution in [0.3, 0.4) is 0 Å². The van der Waals surface area contributed by atoms with Gasteiger partial charge in [0.1, 0.15) is 5.82 Å². The van der Waals surface area contributed by atoms with Crippen LogP contribution in [0.5, 0.6) is 0 Å². The predicted octanol–water partition coefficient (Wildman–Crippen LogP) is 3.63. The molecule has 9 nitrogen and oxygen atoms in total. The number of methoxy groups -OCH3 is 2. The molecule has 1 saturated heterocycles. The van der Waals surface area contributed by atoms with Gasteiger partial charge in [0.2, 0.25) is 11.9 Å². The molecule has 0 spiro atoms. The molecule has 0 radical (unpaired) electrons. The number of piperidine rings is 1. The van der Waals surface area contributed by atoms with E-state index in [9.17, 15) is 4.79 Å². The zero-order valence-electron chi connectivity index (χ0n) is 20.8. The zero-order valence-corrected chi connectivity index (χ0v) is 21.6. The number of hydrogen-bond donors (Lipinski definition) is 1. The normalized spacial score (nSPS) is 14.2. The highest BCUT2D eigenvalue weighted by atomic mass is 35.5. The fourth-order valence-electron chi connectivity index (χ4n) is 4.43. The van der Waals surface area contributed by atoms with Crippen molar-refractivity contribution in [3.63, 3.8) is 0 Å². The summed E-state index contributed by atoms with van der Waals surface area (Å²) in [6, 6.07) is 9.59. The van der Waals surface area contributed by atoms with Crippen molar-refractivity contribution in [3.05, 3.63) is 53.3 Å². The summed E-state index contributed by atoms with van der Waals surface area (Å²) in [5.74, 6) is 1.55. The summed E-state index contributed by atoms with van der Waals surface area (Å²) in [4.78, 5) is 31.0. The van der Waals surface area contributed by atoms with Gasteiger partial charge in [-0.15, -0.1) is 0 Å². The van der Waals surface area contributed by atoms with E-state index in [2.05, 4.69) is 25.2 Å². The van der Waals surface area contributed by atoms with E-state index in [1.807, 2.05) is 41.4 Å². The Morgan fingerprint density at radius 2 is 1.83 bits per heavy atom. The second kappa shape index (κ2) is 12.8. The van der Waals surface area contributed by atoms with Crippen molar-refractivity contribution in [2.75, 3.05) is 63.8 Å². The zero-order chi connectivity index (χ0) is 25.3. The molecule has 1 aliphatic heterocycles. The minimum atomic E-state index is -0.0122. The number of hydrogen-bond acceptors (Lipinski definition) is 8. The molecule has 1 amide bonds. The number of rotatable bonds is 11. The van der Waals surface area contributed by atoms with E-state index in [1.165, 1.54) is 0 Å². The number of anilines is 2. The van der Waals surface area contributed by atoms with Crippen molar-refractivity contribution in [2.24, 2.45) is 5.92 Å². The molecule has 1 aromatic carbocycles. The molecule has 1 fully saturated rings. The second-order valence-corrected chi connectivity index (χ2v) is 9.19. The van der Waals surface area contributed by atoms with Gasteiger partial charge in [0, 0.05) is 70.3 Å². The third-order valence-electron chi connectivity index (χ3n) is 6.47. The summed E-state index contributed by atoms with van der Waals surface area (Å²) in [6.07, 6.45) is 5.13. The van der Waals surface area contributed by atoms with E-state index < -0.39 is 0 Å². The fraction of sp³-hybridized carbons (Fsp3) is 0.462. The van der Waals surface area contributed by atoms with Crippen LogP contribution in [-0.2, 0) is 20.8 Å². The SMILES string of the molecule is COCCN(CCOC)C(=O)C1CCN(c2nccc3nc(NCc4ccccc4Cl)ncc23)CC1. The molecule has 2 aromatic heterocycles. The molecule has 192 valence electrons. The lowest BCUT2D eigenvalue weighted by Crippen LogP contribution is -2.45. The van der Waals surface area contributed by atoms with Crippen LogP contribution in [-0.4, -0.2) is 79.4 Å². The summed E-state index contributed by atoms with van der Waals surface area (Å²) < 4.78 is 10.4. The summed E-state index contributed by atoms with van der Waals surface area (Å²) in [5, 5.41) is 4.85. The number of benzene rings is 1. The maximum absolute atomic E-state index is 13.1. The number of amides is 1. The highest BCUT2D eigenvalue weighted by molar-refractivity contribution is 6.31. The van der Waals surface area contributed by atoms with Crippen molar-refractivity contribution in [1.29, 1.82) is 0 Å². The monoisotopic (exact) mass is 512 g/mol. The van der Waals surface area contributed by atoms with Gasteiger partial charge in [-0.25, -0.2) is 15.0 Å². The van der Waals surface area contributed by atoms with E-state index in [0.717, 1.165) is 48.2 Å². The molecule has 0 saturated carbocycles. The highest BCUT2D eigenvalue weighted by Gasteiger charge is 2.29. The Morgan fingerprint density at radius 3 is 2.53 bits per heavy atom.